The van der Waals surface area contributed by atoms with Crippen LogP contribution in [0.25, 0.3) is 10.9 Å². The van der Waals surface area contributed by atoms with E-state index in [1.807, 2.05) is 6.07 Å². The average molecular weight is 245 g/mol. The first kappa shape index (κ1) is 11.1. The van der Waals surface area contributed by atoms with Gasteiger partial charge >= 0.3 is 0 Å². The van der Waals surface area contributed by atoms with Gasteiger partial charge in [0, 0.05) is 22.8 Å². The molecule has 1 heterocycles. The van der Waals surface area contributed by atoms with Crippen molar-refractivity contribution in [2.24, 2.45) is 0 Å². The highest BCUT2D eigenvalue weighted by molar-refractivity contribution is 6.07. The maximum atomic E-state index is 12.1. The van der Waals surface area contributed by atoms with Gasteiger partial charge in [-0.1, -0.05) is 0 Å². The Kier molecular flexibility index (Phi) is 2.31. The van der Waals surface area contributed by atoms with Gasteiger partial charge in [0.05, 0.1) is 17.7 Å². The number of benzene rings is 1. The minimum atomic E-state index is -0.394. The predicted octanol–water partition coefficient (Wildman–Crippen LogP) is 1.00. The van der Waals surface area contributed by atoms with Gasteiger partial charge in [-0.15, -0.1) is 0 Å². The summed E-state index contributed by atoms with van der Waals surface area (Å²) in [7, 11) is 0. The molecule has 5 nitrogen and oxygen atoms in total. The number of aromatic amines is 1. The van der Waals surface area contributed by atoms with Crippen LogP contribution in [0.15, 0.2) is 24.4 Å². The number of hydrogen-bond acceptors (Lipinski definition) is 3. The maximum Gasteiger partial charge on any atom is 0.253 e. The number of aromatic nitrogens is 1. The molecule has 1 aliphatic carbocycles. The molecule has 2 aromatic rings. The van der Waals surface area contributed by atoms with Crippen LogP contribution in [0, 0.1) is 0 Å². The minimum absolute atomic E-state index is 0.00591. The summed E-state index contributed by atoms with van der Waals surface area (Å²) in [6, 6.07) is 5.39. The minimum Gasteiger partial charge on any atom is -0.399 e. The van der Waals surface area contributed by atoms with Crippen molar-refractivity contribution in [2.45, 2.75) is 18.4 Å². The molecule has 0 radical (unpaired) electrons. The van der Waals surface area contributed by atoms with E-state index < -0.39 is 5.54 Å². The summed E-state index contributed by atoms with van der Waals surface area (Å²) in [4.78, 5) is 15.2. The zero-order chi connectivity index (χ0) is 12.8. The third kappa shape index (κ3) is 1.73. The number of amides is 1. The summed E-state index contributed by atoms with van der Waals surface area (Å²) in [5, 5.41) is 12.9. The van der Waals surface area contributed by atoms with E-state index in [4.69, 9.17) is 5.73 Å². The van der Waals surface area contributed by atoms with Crippen molar-refractivity contribution in [2.75, 3.05) is 12.3 Å². The van der Waals surface area contributed by atoms with Gasteiger partial charge < -0.3 is 21.1 Å². The Bertz CT molecular complexity index is 614. The van der Waals surface area contributed by atoms with Gasteiger partial charge in [0.25, 0.3) is 5.91 Å². The molecule has 0 atom stereocenters. The summed E-state index contributed by atoms with van der Waals surface area (Å²) in [5.74, 6) is -0.155. The van der Waals surface area contributed by atoms with Gasteiger partial charge in [0.2, 0.25) is 0 Å². The first-order valence-electron chi connectivity index (χ1n) is 5.94. The molecule has 1 aromatic heterocycles. The largest absolute Gasteiger partial charge is 0.399 e. The lowest BCUT2D eigenvalue weighted by Gasteiger charge is -2.13. The number of fused-ring (bicyclic) bond motifs is 1. The number of aliphatic hydroxyl groups excluding tert-OH is 1. The van der Waals surface area contributed by atoms with Crippen molar-refractivity contribution in [3.05, 3.63) is 30.0 Å². The first-order valence-corrected chi connectivity index (χ1v) is 5.94. The summed E-state index contributed by atoms with van der Waals surface area (Å²) >= 11 is 0. The molecule has 1 aliphatic rings. The van der Waals surface area contributed by atoms with Crippen molar-refractivity contribution >= 4 is 22.5 Å². The van der Waals surface area contributed by atoms with Gasteiger partial charge in [-0.25, -0.2) is 0 Å². The van der Waals surface area contributed by atoms with Crippen LogP contribution in [-0.4, -0.2) is 28.1 Å². The van der Waals surface area contributed by atoms with Gasteiger partial charge in [-0.3, -0.25) is 4.79 Å². The molecule has 3 rings (SSSR count). The van der Waals surface area contributed by atoms with Gasteiger partial charge in [0.15, 0.2) is 0 Å². The zero-order valence-corrected chi connectivity index (χ0v) is 9.86. The van der Waals surface area contributed by atoms with Crippen molar-refractivity contribution in [1.29, 1.82) is 0 Å². The Hall–Kier alpha value is -2.01. The molecule has 0 aliphatic heterocycles. The lowest BCUT2D eigenvalue weighted by molar-refractivity contribution is 0.0908. The molecule has 0 unspecified atom stereocenters. The number of anilines is 1. The van der Waals surface area contributed by atoms with Crippen molar-refractivity contribution in [3.63, 3.8) is 0 Å². The fraction of sp³-hybridized carbons (Fsp3) is 0.308. The third-order valence-electron chi connectivity index (χ3n) is 3.49. The number of rotatable bonds is 3. The topological polar surface area (TPSA) is 91.1 Å². The van der Waals surface area contributed by atoms with E-state index in [-0.39, 0.29) is 12.5 Å². The first-order chi connectivity index (χ1) is 8.63. The third-order valence-corrected chi connectivity index (χ3v) is 3.49. The molecule has 0 spiro atoms. The Morgan fingerprint density at radius 1 is 1.50 bits per heavy atom. The van der Waals surface area contributed by atoms with Gasteiger partial charge in [-0.2, -0.15) is 0 Å². The van der Waals surface area contributed by atoms with Crippen LogP contribution in [0.1, 0.15) is 23.2 Å². The highest BCUT2D eigenvalue weighted by Gasteiger charge is 2.43. The lowest BCUT2D eigenvalue weighted by Crippen LogP contribution is -2.39. The molecule has 1 fully saturated rings. The van der Waals surface area contributed by atoms with Crippen molar-refractivity contribution in [1.82, 2.24) is 10.3 Å². The number of H-pyrrole nitrogens is 1. The quantitative estimate of drug-likeness (QED) is 0.608. The number of hydrogen-bond donors (Lipinski definition) is 4. The van der Waals surface area contributed by atoms with Crippen LogP contribution in [-0.2, 0) is 0 Å². The summed E-state index contributed by atoms with van der Waals surface area (Å²) < 4.78 is 0. The van der Waals surface area contributed by atoms with E-state index in [1.54, 1.807) is 18.3 Å². The number of aliphatic hydroxyl groups is 1. The smallest absolute Gasteiger partial charge is 0.253 e. The van der Waals surface area contributed by atoms with E-state index in [2.05, 4.69) is 10.3 Å². The van der Waals surface area contributed by atoms with E-state index in [9.17, 15) is 9.90 Å². The van der Waals surface area contributed by atoms with Crippen molar-refractivity contribution in [3.8, 4) is 0 Å². The maximum absolute atomic E-state index is 12.1. The Balaban J connectivity index is 1.92. The molecule has 18 heavy (non-hydrogen) atoms. The second-order valence-corrected chi connectivity index (χ2v) is 4.90. The van der Waals surface area contributed by atoms with Crippen LogP contribution in [0.5, 0.6) is 0 Å². The van der Waals surface area contributed by atoms with E-state index in [0.717, 1.165) is 23.7 Å². The second kappa shape index (κ2) is 3.74. The number of nitrogens with two attached hydrogens (primary N) is 1. The van der Waals surface area contributed by atoms with E-state index >= 15 is 0 Å². The molecule has 0 saturated heterocycles. The molecule has 0 bridgehead atoms. The molecule has 1 saturated carbocycles. The second-order valence-electron chi connectivity index (χ2n) is 4.90. The fourth-order valence-electron chi connectivity index (χ4n) is 2.11. The number of carbonyl (C=O) groups excluding carboxylic acids is 1. The fourth-order valence-corrected chi connectivity index (χ4v) is 2.11. The molecular formula is C13H15N3O2. The van der Waals surface area contributed by atoms with Crippen LogP contribution < -0.4 is 11.1 Å². The number of nitrogens with one attached hydrogen (secondary N) is 2. The summed E-state index contributed by atoms with van der Waals surface area (Å²) in [5.41, 5.74) is 7.38. The highest BCUT2D eigenvalue weighted by atomic mass is 16.3. The molecule has 94 valence electrons. The monoisotopic (exact) mass is 245 g/mol. The molecule has 1 aromatic carbocycles. The zero-order valence-electron chi connectivity index (χ0n) is 9.86. The standard InChI is InChI=1S/C13H15N3O2/c14-8-1-2-9-10(6-15-11(9)5-8)12(18)16-13(7-17)3-4-13/h1-2,5-6,15,17H,3-4,7,14H2,(H,16,18). The van der Waals surface area contributed by atoms with Crippen LogP contribution in [0.3, 0.4) is 0 Å². The van der Waals surface area contributed by atoms with E-state index in [0.29, 0.717) is 11.3 Å². The summed E-state index contributed by atoms with van der Waals surface area (Å²) in [6.07, 6.45) is 3.35. The Morgan fingerprint density at radius 2 is 2.28 bits per heavy atom. The van der Waals surface area contributed by atoms with Gasteiger partial charge in [-0.05, 0) is 31.0 Å². The Morgan fingerprint density at radius 3 is 2.94 bits per heavy atom. The molecule has 1 amide bonds. The van der Waals surface area contributed by atoms with Crippen LogP contribution in [0.2, 0.25) is 0 Å². The van der Waals surface area contributed by atoms with Crippen LogP contribution in [0.4, 0.5) is 5.69 Å². The van der Waals surface area contributed by atoms with E-state index in [1.165, 1.54) is 0 Å². The molecule has 5 heteroatoms. The van der Waals surface area contributed by atoms with Crippen molar-refractivity contribution < 1.29 is 9.90 Å². The number of carbonyl (C=O) groups is 1. The lowest BCUT2D eigenvalue weighted by atomic mass is 10.1. The SMILES string of the molecule is Nc1ccc2c(C(=O)NC3(CO)CC3)c[nH]c2c1. The average Bonchev–Trinajstić information content (AvgIpc) is 3.00. The number of nitrogen functional groups attached to an aromatic ring is 1. The normalized spacial score (nSPS) is 16.7. The van der Waals surface area contributed by atoms with Crippen LogP contribution >= 0.6 is 0 Å². The summed E-state index contributed by atoms with van der Waals surface area (Å²) in [6.45, 7) is -0.00591. The highest BCUT2D eigenvalue weighted by Crippen LogP contribution is 2.35. The molecular weight excluding hydrogens is 230 g/mol. The molecule has 5 N–H and O–H groups in total. The Labute approximate surface area is 104 Å². The van der Waals surface area contributed by atoms with Gasteiger partial charge in [0.1, 0.15) is 0 Å². The predicted molar refractivity (Wildman–Crippen MR) is 69.2 cm³/mol.